The molecule has 1 N–H and O–H groups in total. The van der Waals surface area contributed by atoms with Crippen molar-refractivity contribution < 1.29 is 18.0 Å². The number of rotatable bonds is 12. The predicted octanol–water partition coefficient (Wildman–Crippen LogP) is 5.00. The molecule has 0 aliphatic heterocycles. The van der Waals surface area contributed by atoms with Crippen LogP contribution in [0.15, 0.2) is 77.3 Å². The van der Waals surface area contributed by atoms with Crippen molar-refractivity contribution in [3.05, 3.63) is 99.5 Å². The molecule has 0 aromatic heterocycles. The van der Waals surface area contributed by atoms with Gasteiger partial charge in [-0.05, 0) is 60.7 Å². The largest absolute Gasteiger partial charge is 0.354 e. The molecule has 1 atom stereocenters. The summed E-state index contributed by atoms with van der Waals surface area (Å²) in [7, 11) is -3.81. The number of sulfonamides is 1. The average molecular weight is 615 g/mol. The molecule has 0 bridgehead atoms. The number of carbonyl (C=O) groups is 2. The summed E-state index contributed by atoms with van der Waals surface area (Å²) in [4.78, 5) is 29.1. The van der Waals surface area contributed by atoms with E-state index in [0.29, 0.717) is 18.7 Å². The third kappa shape index (κ3) is 8.66. The lowest BCUT2D eigenvalue weighted by atomic mass is 10.0. The molecule has 0 fully saturated rings. The highest BCUT2D eigenvalue weighted by Crippen LogP contribution is 2.25. The normalized spacial score (nSPS) is 12.0. The van der Waals surface area contributed by atoms with Crippen molar-refractivity contribution in [1.29, 1.82) is 0 Å². The zero-order valence-corrected chi connectivity index (χ0v) is 25.3. The number of benzene rings is 3. The molecular weight excluding hydrogens is 578 g/mol. The zero-order valence-electron chi connectivity index (χ0n) is 22.9. The van der Waals surface area contributed by atoms with Gasteiger partial charge in [-0.15, -0.1) is 0 Å². The van der Waals surface area contributed by atoms with E-state index in [2.05, 4.69) is 21.2 Å². The molecular formula is C30H36BrN3O4S. The molecule has 0 saturated heterocycles. The quantitative estimate of drug-likeness (QED) is 0.311. The maximum atomic E-state index is 14.1. The fourth-order valence-corrected chi connectivity index (χ4v) is 5.68. The van der Waals surface area contributed by atoms with Crippen LogP contribution in [0, 0.1) is 13.8 Å². The molecule has 9 heteroatoms. The van der Waals surface area contributed by atoms with Gasteiger partial charge in [0.25, 0.3) is 0 Å². The van der Waals surface area contributed by atoms with Gasteiger partial charge in [0, 0.05) is 24.0 Å². The number of aryl methyl sites for hydroxylation is 2. The number of anilines is 1. The van der Waals surface area contributed by atoms with Gasteiger partial charge in [-0.2, -0.15) is 0 Å². The van der Waals surface area contributed by atoms with Crippen molar-refractivity contribution in [2.24, 2.45) is 0 Å². The SMILES string of the molecule is CCCNC(=O)[C@H](Cc1ccccc1)N(Cc1cccc(Br)c1)C(=O)CN(c1cc(C)ccc1C)S(C)(=O)=O. The Bertz CT molecular complexity index is 1400. The monoisotopic (exact) mass is 613 g/mol. The summed E-state index contributed by atoms with van der Waals surface area (Å²) >= 11 is 3.48. The van der Waals surface area contributed by atoms with Gasteiger partial charge >= 0.3 is 0 Å². The first-order chi connectivity index (χ1) is 18.5. The number of nitrogens with zero attached hydrogens (tertiary/aromatic N) is 2. The van der Waals surface area contributed by atoms with Crippen molar-refractivity contribution >= 4 is 43.5 Å². The van der Waals surface area contributed by atoms with Gasteiger partial charge in [0.2, 0.25) is 21.8 Å². The molecule has 0 aliphatic carbocycles. The third-order valence-electron chi connectivity index (χ3n) is 6.37. The minimum absolute atomic E-state index is 0.139. The van der Waals surface area contributed by atoms with Gasteiger partial charge in [-0.3, -0.25) is 13.9 Å². The molecule has 208 valence electrons. The second-order valence-electron chi connectivity index (χ2n) is 9.71. The summed E-state index contributed by atoms with van der Waals surface area (Å²) < 4.78 is 27.9. The first-order valence-corrected chi connectivity index (χ1v) is 15.5. The van der Waals surface area contributed by atoms with Crippen LogP contribution in [-0.4, -0.2) is 50.5 Å². The maximum Gasteiger partial charge on any atom is 0.244 e. The van der Waals surface area contributed by atoms with Crippen molar-refractivity contribution in [1.82, 2.24) is 10.2 Å². The van der Waals surface area contributed by atoms with Crippen LogP contribution in [0.1, 0.15) is 35.6 Å². The van der Waals surface area contributed by atoms with E-state index in [0.717, 1.165) is 43.7 Å². The minimum Gasteiger partial charge on any atom is -0.354 e. The molecule has 3 rings (SSSR count). The van der Waals surface area contributed by atoms with Crippen LogP contribution in [0.5, 0.6) is 0 Å². The smallest absolute Gasteiger partial charge is 0.244 e. The number of carbonyl (C=O) groups excluding carboxylic acids is 2. The fourth-order valence-electron chi connectivity index (χ4n) is 4.33. The van der Waals surface area contributed by atoms with E-state index in [1.165, 1.54) is 4.90 Å². The van der Waals surface area contributed by atoms with Crippen LogP contribution in [-0.2, 0) is 32.6 Å². The van der Waals surface area contributed by atoms with Gasteiger partial charge in [-0.1, -0.05) is 77.5 Å². The summed E-state index contributed by atoms with van der Waals surface area (Å²) in [5.74, 6) is -0.740. The van der Waals surface area contributed by atoms with Gasteiger partial charge < -0.3 is 10.2 Å². The maximum absolute atomic E-state index is 14.1. The lowest BCUT2D eigenvalue weighted by Gasteiger charge is -2.34. The van der Waals surface area contributed by atoms with Crippen LogP contribution < -0.4 is 9.62 Å². The van der Waals surface area contributed by atoms with E-state index in [9.17, 15) is 18.0 Å². The summed E-state index contributed by atoms with van der Waals surface area (Å²) in [5, 5.41) is 2.94. The lowest BCUT2D eigenvalue weighted by molar-refractivity contribution is -0.140. The van der Waals surface area contributed by atoms with E-state index >= 15 is 0 Å². The Balaban J connectivity index is 2.07. The topological polar surface area (TPSA) is 86.8 Å². The fraction of sp³-hybridized carbons (Fsp3) is 0.333. The van der Waals surface area contributed by atoms with Crippen molar-refractivity contribution in [3.8, 4) is 0 Å². The van der Waals surface area contributed by atoms with E-state index in [1.54, 1.807) is 6.07 Å². The number of halogens is 1. The molecule has 0 aliphatic rings. The summed E-state index contributed by atoms with van der Waals surface area (Å²) in [6, 6.07) is 21.7. The Morgan fingerprint density at radius 3 is 2.28 bits per heavy atom. The van der Waals surface area contributed by atoms with Crippen LogP contribution in [0.3, 0.4) is 0 Å². The zero-order chi connectivity index (χ0) is 28.6. The second-order valence-corrected chi connectivity index (χ2v) is 12.5. The summed E-state index contributed by atoms with van der Waals surface area (Å²) in [6.45, 7) is 5.83. The van der Waals surface area contributed by atoms with Crippen LogP contribution >= 0.6 is 15.9 Å². The second kappa shape index (κ2) is 13.8. The van der Waals surface area contributed by atoms with Gasteiger partial charge in [-0.25, -0.2) is 8.42 Å². The Kier molecular flexibility index (Phi) is 10.7. The Hall–Kier alpha value is -3.17. The molecule has 0 spiro atoms. The molecule has 0 radical (unpaired) electrons. The lowest BCUT2D eigenvalue weighted by Crippen LogP contribution is -2.53. The number of nitrogens with one attached hydrogen (secondary N) is 1. The molecule has 2 amide bonds. The molecule has 3 aromatic rings. The Morgan fingerprint density at radius 2 is 1.64 bits per heavy atom. The highest BCUT2D eigenvalue weighted by atomic mass is 79.9. The summed E-state index contributed by atoms with van der Waals surface area (Å²) in [6.07, 6.45) is 2.13. The standard InChI is InChI=1S/C30H36BrN3O4S/c1-5-16-32-30(36)28(19-24-10-7-6-8-11-24)33(20-25-12-9-13-26(31)18-25)29(35)21-34(39(4,37)38)27-17-22(2)14-15-23(27)3/h6-15,17-18,28H,5,16,19-21H2,1-4H3,(H,32,36)/t28-/m0/s1. The van der Waals surface area contributed by atoms with Crippen molar-refractivity contribution in [3.63, 3.8) is 0 Å². The predicted molar refractivity (Wildman–Crippen MR) is 160 cm³/mol. The van der Waals surface area contributed by atoms with Crippen LogP contribution in [0.2, 0.25) is 0 Å². The molecule has 0 saturated carbocycles. The van der Waals surface area contributed by atoms with Crippen molar-refractivity contribution in [2.45, 2.75) is 46.2 Å². The average Bonchev–Trinajstić information content (AvgIpc) is 2.89. The highest BCUT2D eigenvalue weighted by Gasteiger charge is 2.33. The molecule has 0 unspecified atom stereocenters. The van der Waals surface area contributed by atoms with Crippen molar-refractivity contribution in [2.75, 3.05) is 23.7 Å². The number of hydrogen-bond donors (Lipinski definition) is 1. The van der Waals surface area contributed by atoms with Crippen LogP contribution in [0.4, 0.5) is 5.69 Å². The van der Waals surface area contributed by atoms with E-state index in [-0.39, 0.29) is 12.5 Å². The third-order valence-corrected chi connectivity index (χ3v) is 7.99. The van der Waals surface area contributed by atoms with Crippen LogP contribution in [0.25, 0.3) is 0 Å². The first kappa shape index (κ1) is 30.4. The van der Waals surface area contributed by atoms with E-state index < -0.39 is 28.5 Å². The molecule has 3 aromatic carbocycles. The summed E-state index contributed by atoms with van der Waals surface area (Å²) in [5.41, 5.74) is 3.78. The van der Waals surface area contributed by atoms with Gasteiger partial charge in [0.05, 0.1) is 11.9 Å². The highest BCUT2D eigenvalue weighted by molar-refractivity contribution is 9.10. The van der Waals surface area contributed by atoms with E-state index in [4.69, 9.17) is 0 Å². The molecule has 0 heterocycles. The first-order valence-electron chi connectivity index (χ1n) is 12.9. The molecule has 7 nitrogen and oxygen atoms in total. The Morgan fingerprint density at radius 1 is 0.949 bits per heavy atom. The number of hydrogen-bond acceptors (Lipinski definition) is 4. The molecule has 39 heavy (non-hydrogen) atoms. The van der Waals surface area contributed by atoms with Gasteiger partial charge in [0.1, 0.15) is 12.6 Å². The van der Waals surface area contributed by atoms with Gasteiger partial charge in [0.15, 0.2) is 0 Å². The Labute approximate surface area is 240 Å². The minimum atomic E-state index is -3.81. The van der Waals surface area contributed by atoms with E-state index in [1.807, 2.05) is 87.5 Å². The number of amides is 2.